The number of hydrogen-bond donors (Lipinski definition) is 2. The Bertz CT molecular complexity index is 531. The molecule has 0 aliphatic carbocycles. The van der Waals surface area contributed by atoms with Gasteiger partial charge in [0, 0.05) is 16.3 Å². The second-order valence-corrected chi connectivity index (χ2v) is 3.87. The fourth-order valence-corrected chi connectivity index (χ4v) is 1.59. The molecule has 0 fully saturated rings. The predicted molar refractivity (Wildman–Crippen MR) is 62.3 cm³/mol. The van der Waals surface area contributed by atoms with Crippen LogP contribution in [0.1, 0.15) is 16.3 Å². The number of nitrogens with zero attached hydrogens (tertiary/aromatic N) is 1. The number of carbonyl (C=O) groups excluding carboxylic acids is 1. The molecule has 0 unspecified atom stereocenters. The lowest BCUT2D eigenvalue weighted by Gasteiger charge is -1.97. The summed E-state index contributed by atoms with van der Waals surface area (Å²) in [5.41, 5.74) is 7.55. The van der Waals surface area contributed by atoms with E-state index in [2.05, 4.69) is 9.97 Å². The van der Waals surface area contributed by atoms with Crippen molar-refractivity contribution in [3.05, 3.63) is 40.8 Å². The van der Waals surface area contributed by atoms with Crippen molar-refractivity contribution in [2.75, 3.05) is 0 Å². The minimum Gasteiger partial charge on any atom is -0.363 e. The van der Waals surface area contributed by atoms with Gasteiger partial charge in [-0.05, 0) is 19.1 Å². The van der Waals surface area contributed by atoms with Crippen molar-refractivity contribution < 1.29 is 4.79 Å². The van der Waals surface area contributed by atoms with Gasteiger partial charge < -0.3 is 10.7 Å². The van der Waals surface area contributed by atoms with Crippen molar-refractivity contribution in [2.45, 2.75) is 6.92 Å². The van der Waals surface area contributed by atoms with E-state index < -0.39 is 5.91 Å². The van der Waals surface area contributed by atoms with Crippen molar-refractivity contribution in [2.24, 2.45) is 5.73 Å². The van der Waals surface area contributed by atoms with Crippen molar-refractivity contribution in [1.82, 2.24) is 9.97 Å². The largest absolute Gasteiger partial charge is 0.363 e. The van der Waals surface area contributed by atoms with Gasteiger partial charge in [0.1, 0.15) is 0 Å². The van der Waals surface area contributed by atoms with Crippen molar-refractivity contribution >= 4 is 17.5 Å². The smallest absolute Gasteiger partial charge is 0.284 e. The predicted octanol–water partition coefficient (Wildman–Crippen LogP) is 2.14. The quantitative estimate of drug-likeness (QED) is 0.837. The third-order valence-electron chi connectivity index (χ3n) is 2.24. The lowest BCUT2D eigenvalue weighted by Crippen LogP contribution is -2.12. The number of primary amides is 1. The van der Waals surface area contributed by atoms with Gasteiger partial charge in [0.05, 0.1) is 5.69 Å². The maximum absolute atomic E-state index is 11.0. The molecule has 0 saturated carbocycles. The number of aryl methyl sites for hydroxylation is 1. The number of amides is 1. The summed E-state index contributed by atoms with van der Waals surface area (Å²) in [6.45, 7) is 1.84. The molecule has 0 aliphatic heterocycles. The molecule has 1 aromatic carbocycles. The van der Waals surface area contributed by atoms with E-state index >= 15 is 0 Å². The van der Waals surface area contributed by atoms with Crippen LogP contribution in [0.2, 0.25) is 5.02 Å². The van der Waals surface area contributed by atoms with Crippen molar-refractivity contribution in [3.8, 4) is 11.3 Å². The second kappa shape index (κ2) is 3.98. The highest BCUT2D eigenvalue weighted by molar-refractivity contribution is 6.30. The molecule has 82 valence electrons. The number of hydrogen-bond acceptors (Lipinski definition) is 2. The molecule has 0 bridgehead atoms. The lowest BCUT2D eigenvalue weighted by molar-refractivity contribution is 0.0991. The fraction of sp³-hybridized carbons (Fsp3) is 0.0909. The van der Waals surface area contributed by atoms with E-state index in [-0.39, 0.29) is 5.82 Å². The Kier molecular flexibility index (Phi) is 2.66. The highest BCUT2D eigenvalue weighted by Gasteiger charge is 2.11. The zero-order chi connectivity index (χ0) is 11.7. The first-order valence-corrected chi connectivity index (χ1v) is 5.08. The monoisotopic (exact) mass is 235 g/mol. The number of nitrogens with two attached hydrogens (primary N) is 1. The first-order valence-electron chi connectivity index (χ1n) is 4.70. The number of carbonyl (C=O) groups is 1. The average Bonchev–Trinajstić information content (AvgIpc) is 2.62. The van der Waals surface area contributed by atoms with Gasteiger partial charge >= 0.3 is 0 Å². The van der Waals surface area contributed by atoms with Crippen LogP contribution >= 0.6 is 11.6 Å². The Morgan fingerprint density at radius 1 is 1.38 bits per heavy atom. The highest BCUT2D eigenvalue weighted by atomic mass is 35.5. The van der Waals surface area contributed by atoms with Gasteiger partial charge in [-0.15, -0.1) is 0 Å². The summed E-state index contributed by atoms with van der Waals surface area (Å²) >= 11 is 5.79. The van der Waals surface area contributed by atoms with Gasteiger partial charge in [-0.2, -0.15) is 0 Å². The van der Waals surface area contributed by atoms with Gasteiger partial charge in [-0.25, -0.2) is 4.98 Å². The third kappa shape index (κ3) is 1.92. The first-order chi connectivity index (χ1) is 7.58. The molecular formula is C11H10ClN3O. The molecule has 0 aliphatic rings. The number of aromatic amines is 1. The molecule has 5 heteroatoms. The number of H-pyrrole nitrogens is 1. The maximum Gasteiger partial charge on any atom is 0.284 e. The summed E-state index contributed by atoms with van der Waals surface area (Å²) < 4.78 is 0. The van der Waals surface area contributed by atoms with E-state index in [1.165, 1.54) is 0 Å². The molecule has 0 spiro atoms. The van der Waals surface area contributed by atoms with E-state index in [0.29, 0.717) is 10.7 Å². The van der Waals surface area contributed by atoms with E-state index in [4.69, 9.17) is 17.3 Å². The normalized spacial score (nSPS) is 10.4. The molecule has 2 rings (SSSR count). The molecule has 1 amide bonds. The summed E-state index contributed by atoms with van der Waals surface area (Å²) in [4.78, 5) is 17.9. The Hall–Kier alpha value is -1.81. The molecule has 0 radical (unpaired) electrons. The number of rotatable bonds is 2. The van der Waals surface area contributed by atoms with E-state index in [1.807, 2.05) is 19.1 Å². The average molecular weight is 236 g/mol. The van der Waals surface area contributed by atoms with Gasteiger partial charge in [0.15, 0.2) is 5.82 Å². The van der Waals surface area contributed by atoms with Crippen LogP contribution in [0.5, 0.6) is 0 Å². The van der Waals surface area contributed by atoms with Crippen LogP contribution in [0, 0.1) is 6.92 Å². The second-order valence-electron chi connectivity index (χ2n) is 3.43. The molecule has 0 saturated heterocycles. The summed E-state index contributed by atoms with van der Waals surface area (Å²) in [5, 5.41) is 0.659. The number of benzene rings is 1. The van der Waals surface area contributed by atoms with Crippen molar-refractivity contribution in [1.29, 1.82) is 0 Å². The molecule has 0 atom stereocenters. The molecule has 1 aromatic heterocycles. The number of nitrogens with one attached hydrogen (secondary N) is 1. The molecule has 2 aromatic rings. The van der Waals surface area contributed by atoms with E-state index in [0.717, 1.165) is 11.3 Å². The SMILES string of the molecule is Cc1[nH]c(C(N)=O)nc1-c1ccc(Cl)cc1. The van der Waals surface area contributed by atoms with Crippen LogP contribution in [0.4, 0.5) is 0 Å². The van der Waals surface area contributed by atoms with Crippen LogP contribution in [0.3, 0.4) is 0 Å². The molecular weight excluding hydrogens is 226 g/mol. The molecule has 1 heterocycles. The summed E-state index contributed by atoms with van der Waals surface area (Å²) in [7, 11) is 0. The minimum absolute atomic E-state index is 0.169. The Balaban J connectivity index is 2.47. The zero-order valence-electron chi connectivity index (χ0n) is 8.62. The molecule has 3 N–H and O–H groups in total. The van der Waals surface area contributed by atoms with E-state index in [1.54, 1.807) is 12.1 Å². The third-order valence-corrected chi connectivity index (χ3v) is 2.49. The Morgan fingerprint density at radius 3 is 2.50 bits per heavy atom. The van der Waals surface area contributed by atoms with Crippen LogP contribution < -0.4 is 5.73 Å². The van der Waals surface area contributed by atoms with Crippen LogP contribution in [0.25, 0.3) is 11.3 Å². The topological polar surface area (TPSA) is 71.8 Å². The number of imidazole rings is 1. The van der Waals surface area contributed by atoms with Gasteiger partial charge in [0.25, 0.3) is 5.91 Å². The standard InChI is InChI=1S/C11H10ClN3O/c1-6-9(15-11(14-6)10(13)16)7-2-4-8(12)5-3-7/h2-5H,1H3,(H2,13,16)(H,14,15). The van der Waals surface area contributed by atoms with E-state index in [9.17, 15) is 4.79 Å². The van der Waals surface area contributed by atoms with Crippen molar-refractivity contribution in [3.63, 3.8) is 0 Å². The summed E-state index contributed by atoms with van der Waals surface area (Å²) in [5.74, 6) is -0.397. The van der Waals surface area contributed by atoms with Crippen LogP contribution in [-0.4, -0.2) is 15.9 Å². The maximum atomic E-state index is 11.0. The Morgan fingerprint density at radius 2 is 2.00 bits per heavy atom. The van der Waals surface area contributed by atoms with Gasteiger partial charge in [-0.3, -0.25) is 4.79 Å². The minimum atomic E-state index is -0.566. The van der Waals surface area contributed by atoms with Crippen LogP contribution in [0.15, 0.2) is 24.3 Å². The number of aromatic nitrogens is 2. The van der Waals surface area contributed by atoms with Gasteiger partial charge in [-0.1, -0.05) is 23.7 Å². The fourth-order valence-electron chi connectivity index (χ4n) is 1.47. The Labute approximate surface area is 97.5 Å². The summed E-state index contributed by atoms with van der Waals surface area (Å²) in [6.07, 6.45) is 0. The van der Waals surface area contributed by atoms with Crippen LogP contribution in [-0.2, 0) is 0 Å². The molecule has 16 heavy (non-hydrogen) atoms. The molecule has 4 nitrogen and oxygen atoms in total. The highest BCUT2D eigenvalue weighted by Crippen LogP contribution is 2.22. The number of halogens is 1. The zero-order valence-corrected chi connectivity index (χ0v) is 9.38. The summed E-state index contributed by atoms with van der Waals surface area (Å²) in [6, 6.07) is 7.23. The lowest BCUT2D eigenvalue weighted by atomic mass is 10.1. The van der Waals surface area contributed by atoms with Gasteiger partial charge in [0.2, 0.25) is 0 Å². The first kappa shape index (κ1) is 10.7.